The number of para-hydroxylation sites is 1. The van der Waals surface area contributed by atoms with E-state index in [1.807, 2.05) is 66.7 Å². The number of nitrogens with two attached hydrogens (primary N) is 1. The molecule has 4 rings (SSSR count). The summed E-state index contributed by atoms with van der Waals surface area (Å²) < 4.78 is 5.45. The molecule has 3 amide bonds. The number of anilines is 1. The first-order valence-corrected chi connectivity index (χ1v) is 9.25. The first-order valence-electron chi connectivity index (χ1n) is 9.25. The molecule has 3 N–H and O–H groups in total. The molecule has 1 aliphatic heterocycles. The third-order valence-corrected chi connectivity index (χ3v) is 5.23. The van der Waals surface area contributed by atoms with E-state index in [2.05, 4.69) is 5.32 Å². The summed E-state index contributed by atoms with van der Waals surface area (Å²) in [5.41, 5.74) is 7.72. The fourth-order valence-electron chi connectivity index (χ4n) is 3.97. The topological polar surface area (TPSA) is 84.7 Å². The van der Waals surface area contributed by atoms with Gasteiger partial charge in [-0.2, -0.15) is 0 Å². The molecule has 6 heteroatoms. The van der Waals surface area contributed by atoms with Crippen LogP contribution in [0.4, 0.5) is 10.5 Å². The summed E-state index contributed by atoms with van der Waals surface area (Å²) in [6, 6.07) is 24.0. The van der Waals surface area contributed by atoms with Crippen LogP contribution in [-0.4, -0.2) is 25.6 Å². The van der Waals surface area contributed by atoms with E-state index in [4.69, 9.17) is 10.5 Å². The number of nitrogens with zero attached hydrogens (tertiary/aromatic N) is 1. The van der Waals surface area contributed by atoms with Crippen LogP contribution in [0.5, 0.6) is 5.75 Å². The van der Waals surface area contributed by atoms with E-state index in [1.54, 1.807) is 19.2 Å². The second-order valence-corrected chi connectivity index (χ2v) is 6.79. The van der Waals surface area contributed by atoms with Crippen LogP contribution in [-0.2, 0) is 10.3 Å². The molecule has 3 aromatic rings. The molecule has 0 saturated carbocycles. The van der Waals surface area contributed by atoms with E-state index in [-0.39, 0.29) is 6.54 Å². The molecule has 0 aliphatic carbocycles. The Labute approximate surface area is 168 Å². The van der Waals surface area contributed by atoms with Gasteiger partial charge in [-0.05, 0) is 29.3 Å². The SMILES string of the molecule is COc1cccc(C2(c3ccccc3)NCC(=O)N(C(N)=O)c3ccccc32)c1. The van der Waals surface area contributed by atoms with Crippen molar-refractivity contribution in [3.8, 4) is 5.75 Å². The molecule has 1 aliphatic rings. The lowest BCUT2D eigenvalue weighted by Gasteiger charge is -2.36. The number of primary amides is 1. The van der Waals surface area contributed by atoms with Crippen LogP contribution in [0.1, 0.15) is 16.7 Å². The van der Waals surface area contributed by atoms with Crippen molar-refractivity contribution < 1.29 is 14.3 Å². The smallest absolute Gasteiger partial charge is 0.326 e. The average Bonchev–Trinajstić information content (AvgIpc) is 2.89. The Morgan fingerprint density at radius 3 is 2.41 bits per heavy atom. The number of ether oxygens (including phenoxy) is 1. The zero-order valence-electron chi connectivity index (χ0n) is 16.0. The number of nitrogens with one attached hydrogen (secondary N) is 1. The number of amides is 3. The lowest BCUT2D eigenvalue weighted by atomic mass is 9.76. The number of rotatable bonds is 3. The fourth-order valence-corrected chi connectivity index (χ4v) is 3.97. The Hall–Kier alpha value is -3.64. The maximum absolute atomic E-state index is 12.8. The maximum atomic E-state index is 12.8. The number of hydrogen-bond acceptors (Lipinski definition) is 4. The molecule has 0 fully saturated rings. The number of carbonyl (C=O) groups is 2. The van der Waals surface area contributed by atoms with Gasteiger partial charge in [0.2, 0.25) is 5.91 Å². The van der Waals surface area contributed by atoms with Crippen molar-refractivity contribution >= 4 is 17.6 Å². The summed E-state index contributed by atoms with van der Waals surface area (Å²) in [4.78, 5) is 26.0. The highest BCUT2D eigenvalue weighted by Gasteiger charge is 2.43. The van der Waals surface area contributed by atoms with Gasteiger partial charge in [0.1, 0.15) is 5.75 Å². The minimum Gasteiger partial charge on any atom is -0.497 e. The molecule has 1 unspecified atom stereocenters. The van der Waals surface area contributed by atoms with Gasteiger partial charge in [0.15, 0.2) is 0 Å². The Morgan fingerprint density at radius 1 is 1.00 bits per heavy atom. The number of fused-ring (bicyclic) bond motifs is 1. The Kier molecular flexibility index (Phi) is 4.78. The van der Waals surface area contributed by atoms with E-state index >= 15 is 0 Å². The van der Waals surface area contributed by atoms with E-state index in [0.29, 0.717) is 11.4 Å². The lowest BCUT2D eigenvalue weighted by Crippen LogP contribution is -2.47. The highest BCUT2D eigenvalue weighted by Crippen LogP contribution is 2.43. The second-order valence-electron chi connectivity index (χ2n) is 6.79. The zero-order chi connectivity index (χ0) is 20.4. The third-order valence-electron chi connectivity index (χ3n) is 5.23. The Balaban J connectivity index is 2.09. The van der Waals surface area contributed by atoms with Crippen molar-refractivity contribution in [2.75, 3.05) is 18.6 Å². The monoisotopic (exact) mass is 387 g/mol. The molecule has 0 radical (unpaired) electrons. The Morgan fingerprint density at radius 2 is 1.69 bits per heavy atom. The quantitative estimate of drug-likeness (QED) is 0.724. The largest absolute Gasteiger partial charge is 0.497 e. The predicted molar refractivity (Wildman–Crippen MR) is 111 cm³/mol. The summed E-state index contributed by atoms with van der Waals surface area (Å²) in [7, 11) is 1.61. The van der Waals surface area contributed by atoms with Crippen LogP contribution in [0.15, 0.2) is 78.9 Å². The number of imide groups is 1. The molecule has 1 heterocycles. The zero-order valence-corrected chi connectivity index (χ0v) is 16.0. The van der Waals surface area contributed by atoms with Gasteiger partial charge < -0.3 is 10.5 Å². The van der Waals surface area contributed by atoms with Crippen molar-refractivity contribution in [2.24, 2.45) is 5.73 Å². The molecule has 0 bridgehead atoms. The van der Waals surface area contributed by atoms with Crippen molar-refractivity contribution in [3.05, 3.63) is 95.6 Å². The number of carbonyl (C=O) groups excluding carboxylic acids is 2. The van der Waals surface area contributed by atoms with Gasteiger partial charge in [0.25, 0.3) is 0 Å². The van der Waals surface area contributed by atoms with Gasteiger partial charge in [-0.1, -0.05) is 60.7 Å². The first-order chi connectivity index (χ1) is 14.1. The molecule has 6 nitrogen and oxygen atoms in total. The van der Waals surface area contributed by atoms with Gasteiger partial charge in [-0.3, -0.25) is 10.1 Å². The van der Waals surface area contributed by atoms with E-state index in [9.17, 15) is 9.59 Å². The summed E-state index contributed by atoms with van der Waals surface area (Å²) in [6.07, 6.45) is 0. The fraction of sp³-hybridized carbons (Fsp3) is 0.130. The molecule has 146 valence electrons. The normalized spacial score (nSPS) is 18.7. The summed E-state index contributed by atoms with van der Waals surface area (Å²) in [6.45, 7) is -0.0657. The van der Waals surface area contributed by atoms with Crippen LogP contribution < -0.4 is 20.7 Å². The molecule has 0 saturated heterocycles. The van der Waals surface area contributed by atoms with E-state index in [0.717, 1.165) is 21.6 Å². The molecule has 29 heavy (non-hydrogen) atoms. The number of methoxy groups -OCH3 is 1. The standard InChI is InChI=1S/C23H21N3O3/c1-29-18-11-7-10-17(14-18)23(16-8-3-2-4-9-16)19-12-5-6-13-20(19)26(22(24)28)21(27)15-25-23/h2-14,25H,15H2,1H3,(H2,24,28). The van der Waals surface area contributed by atoms with Crippen molar-refractivity contribution in [2.45, 2.75) is 5.54 Å². The summed E-state index contributed by atoms with van der Waals surface area (Å²) in [5, 5.41) is 3.42. The highest BCUT2D eigenvalue weighted by atomic mass is 16.5. The number of urea groups is 1. The predicted octanol–water partition coefficient (Wildman–Crippen LogP) is 3.00. The molecule has 3 aromatic carbocycles. The van der Waals surface area contributed by atoms with Crippen LogP contribution in [0.2, 0.25) is 0 Å². The van der Waals surface area contributed by atoms with Crippen molar-refractivity contribution in [1.82, 2.24) is 5.32 Å². The molecule has 0 aromatic heterocycles. The molecular weight excluding hydrogens is 366 g/mol. The number of benzene rings is 3. The lowest BCUT2D eigenvalue weighted by molar-refractivity contribution is -0.117. The third kappa shape index (κ3) is 3.03. The van der Waals surface area contributed by atoms with Crippen LogP contribution in [0.25, 0.3) is 0 Å². The van der Waals surface area contributed by atoms with Crippen LogP contribution >= 0.6 is 0 Å². The van der Waals surface area contributed by atoms with E-state index in [1.165, 1.54) is 0 Å². The van der Waals surface area contributed by atoms with Crippen LogP contribution in [0.3, 0.4) is 0 Å². The first kappa shape index (κ1) is 18.7. The van der Waals surface area contributed by atoms with Gasteiger partial charge >= 0.3 is 6.03 Å². The van der Waals surface area contributed by atoms with Gasteiger partial charge in [0.05, 0.1) is 24.9 Å². The average molecular weight is 387 g/mol. The van der Waals surface area contributed by atoms with Crippen LogP contribution in [0, 0.1) is 0 Å². The number of hydrogen-bond donors (Lipinski definition) is 2. The van der Waals surface area contributed by atoms with Gasteiger partial charge in [-0.25, -0.2) is 9.69 Å². The van der Waals surface area contributed by atoms with Crippen molar-refractivity contribution in [1.29, 1.82) is 0 Å². The minimum absolute atomic E-state index is 0.0657. The Bertz CT molecular complexity index is 1070. The summed E-state index contributed by atoms with van der Waals surface area (Å²) in [5.74, 6) is 0.282. The minimum atomic E-state index is -0.883. The molecule has 0 spiro atoms. The molecular formula is C23H21N3O3. The molecule has 1 atom stereocenters. The van der Waals surface area contributed by atoms with E-state index < -0.39 is 17.5 Å². The van der Waals surface area contributed by atoms with Gasteiger partial charge in [0, 0.05) is 5.56 Å². The highest BCUT2D eigenvalue weighted by molar-refractivity contribution is 6.15. The van der Waals surface area contributed by atoms with Gasteiger partial charge in [-0.15, -0.1) is 0 Å². The second kappa shape index (κ2) is 7.41. The summed E-state index contributed by atoms with van der Waals surface area (Å²) >= 11 is 0. The van der Waals surface area contributed by atoms with Crippen molar-refractivity contribution in [3.63, 3.8) is 0 Å². The maximum Gasteiger partial charge on any atom is 0.326 e.